The van der Waals surface area contributed by atoms with Crippen LogP contribution in [0, 0.1) is 0 Å². The van der Waals surface area contributed by atoms with Crippen LogP contribution in [0.25, 0.3) is 11.1 Å². The van der Waals surface area contributed by atoms with E-state index in [1.54, 1.807) is 24.3 Å². The van der Waals surface area contributed by atoms with E-state index in [2.05, 4.69) is 10.1 Å². The van der Waals surface area contributed by atoms with Crippen molar-refractivity contribution >= 4 is 11.9 Å². The molecule has 166 valence electrons. The molecule has 7 heteroatoms. The number of rotatable bonds is 8. The largest absolute Gasteiger partial charge is 0.434 e. The van der Waals surface area contributed by atoms with Crippen molar-refractivity contribution in [3.63, 3.8) is 0 Å². The van der Waals surface area contributed by atoms with E-state index in [0.717, 1.165) is 25.7 Å². The number of hydrogen-bond donors (Lipinski definition) is 1. The lowest BCUT2D eigenvalue weighted by atomic mass is 9.96. The van der Waals surface area contributed by atoms with Gasteiger partial charge in [-0.3, -0.25) is 4.79 Å². The van der Waals surface area contributed by atoms with Crippen molar-refractivity contribution < 1.29 is 27.8 Å². The van der Waals surface area contributed by atoms with Crippen molar-refractivity contribution in [1.29, 1.82) is 0 Å². The molecule has 0 saturated heterocycles. The lowest BCUT2D eigenvalue weighted by molar-refractivity contribution is -0.0494. The van der Waals surface area contributed by atoms with E-state index in [0.29, 0.717) is 29.5 Å². The minimum absolute atomic E-state index is 0.0278. The van der Waals surface area contributed by atoms with Gasteiger partial charge in [0.2, 0.25) is 0 Å². The maximum absolute atomic E-state index is 12.9. The van der Waals surface area contributed by atoms with Gasteiger partial charge in [0.25, 0.3) is 0 Å². The van der Waals surface area contributed by atoms with Crippen LogP contribution in [-0.4, -0.2) is 24.5 Å². The molecule has 0 atom stereocenters. The second-order valence-electron chi connectivity index (χ2n) is 7.66. The number of nitrogens with one attached hydrogen (secondary N) is 1. The molecule has 5 nitrogen and oxygen atoms in total. The zero-order valence-electron chi connectivity index (χ0n) is 17.5. The number of hydrogen-bond acceptors (Lipinski definition) is 4. The Labute approximate surface area is 180 Å². The molecule has 1 aliphatic rings. The predicted octanol–water partition coefficient (Wildman–Crippen LogP) is 6.36. The van der Waals surface area contributed by atoms with Crippen molar-refractivity contribution in [3.05, 3.63) is 48.0 Å². The Bertz CT molecular complexity index is 910. The van der Waals surface area contributed by atoms with Crippen LogP contribution >= 0.6 is 0 Å². The Morgan fingerprint density at radius 3 is 2.58 bits per heavy atom. The third kappa shape index (κ3) is 6.51. The van der Waals surface area contributed by atoms with Crippen LogP contribution in [0.5, 0.6) is 11.5 Å². The molecule has 0 spiro atoms. The van der Waals surface area contributed by atoms with Crippen molar-refractivity contribution in [1.82, 2.24) is 5.32 Å². The van der Waals surface area contributed by atoms with Crippen molar-refractivity contribution in [3.8, 4) is 22.6 Å². The van der Waals surface area contributed by atoms with Gasteiger partial charge in [0.05, 0.1) is 0 Å². The van der Waals surface area contributed by atoms with Gasteiger partial charge in [-0.2, -0.15) is 8.78 Å². The molecule has 1 fully saturated rings. The SMILES string of the molecule is CCCC(=O)c1cccc(-c2cc(OC(=O)NC3CCCCC3)ccc2OC(F)F)c1. The third-order valence-electron chi connectivity index (χ3n) is 5.28. The fourth-order valence-electron chi connectivity index (χ4n) is 3.78. The number of halogens is 2. The third-order valence-corrected chi connectivity index (χ3v) is 5.28. The van der Waals surface area contributed by atoms with Gasteiger partial charge in [0, 0.05) is 23.6 Å². The second kappa shape index (κ2) is 10.9. The van der Waals surface area contributed by atoms with E-state index in [1.165, 1.54) is 24.6 Å². The first-order valence-electron chi connectivity index (χ1n) is 10.7. The van der Waals surface area contributed by atoms with E-state index in [4.69, 9.17) is 4.74 Å². The van der Waals surface area contributed by atoms with Crippen LogP contribution in [0.2, 0.25) is 0 Å². The predicted molar refractivity (Wildman–Crippen MR) is 114 cm³/mol. The number of alkyl halides is 2. The normalized spacial score (nSPS) is 14.3. The first-order chi connectivity index (χ1) is 15.0. The Morgan fingerprint density at radius 2 is 1.87 bits per heavy atom. The summed E-state index contributed by atoms with van der Waals surface area (Å²) in [5, 5.41) is 2.85. The summed E-state index contributed by atoms with van der Waals surface area (Å²) in [5.41, 5.74) is 1.33. The van der Waals surface area contributed by atoms with Gasteiger partial charge in [-0.25, -0.2) is 4.79 Å². The lowest BCUT2D eigenvalue weighted by Crippen LogP contribution is -2.38. The van der Waals surface area contributed by atoms with Gasteiger partial charge in [-0.05, 0) is 49.1 Å². The molecule has 0 radical (unpaired) electrons. The molecule has 0 unspecified atom stereocenters. The molecule has 1 saturated carbocycles. The van der Waals surface area contributed by atoms with Gasteiger partial charge in [-0.1, -0.05) is 44.4 Å². The first-order valence-corrected chi connectivity index (χ1v) is 10.7. The maximum Gasteiger partial charge on any atom is 0.412 e. The zero-order chi connectivity index (χ0) is 22.2. The summed E-state index contributed by atoms with van der Waals surface area (Å²) in [6, 6.07) is 11.0. The summed E-state index contributed by atoms with van der Waals surface area (Å²) in [7, 11) is 0. The van der Waals surface area contributed by atoms with Crippen LogP contribution in [0.1, 0.15) is 62.2 Å². The van der Waals surface area contributed by atoms with Gasteiger partial charge in [0.1, 0.15) is 11.5 Å². The van der Waals surface area contributed by atoms with E-state index >= 15 is 0 Å². The Kier molecular flexibility index (Phi) is 7.98. The molecule has 0 aromatic heterocycles. The van der Waals surface area contributed by atoms with Crippen molar-refractivity contribution in [2.75, 3.05) is 0 Å². The van der Waals surface area contributed by atoms with Crippen LogP contribution in [0.3, 0.4) is 0 Å². The number of carbonyl (C=O) groups excluding carboxylic acids is 2. The smallest absolute Gasteiger partial charge is 0.412 e. The first kappa shape index (κ1) is 22.7. The molecule has 1 N–H and O–H groups in total. The summed E-state index contributed by atoms with van der Waals surface area (Å²) in [5.74, 6) is 0.116. The Morgan fingerprint density at radius 1 is 1.10 bits per heavy atom. The quantitative estimate of drug-likeness (QED) is 0.494. The molecule has 3 rings (SSSR count). The van der Waals surface area contributed by atoms with E-state index in [9.17, 15) is 18.4 Å². The Hall–Kier alpha value is -2.96. The highest BCUT2D eigenvalue weighted by atomic mass is 19.3. The molecular weight excluding hydrogens is 404 g/mol. The number of ketones is 1. The van der Waals surface area contributed by atoms with Crippen LogP contribution in [0.4, 0.5) is 13.6 Å². The molecule has 2 aromatic carbocycles. The topological polar surface area (TPSA) is 64.6 Å². The second-order valence-corrected chi connectivity index (χ2v) is 7.66. The number of amides is 1. The summed E-state index contributed by atoms with van der Waals surface area (Å²) in [6.45, 7) is -1.10. The highest BCUT2D eigenvalue weighted by molar-refractivity contribution is 5.97. The van der Waals surface area contributed by atoms with Crippen molar-refractivity contribution in [2.24, 2.45) is 0 Å². The van der Waals surface area contributed by atoms with Crippen LogP contribution < -0.4 is 14.8 Å². The van der Waals surface area contributed by atoms with Gasteiger partial charge >= 0.3 is 12.7 Å². The maximum atomic E-state index is 12.9. The molecular formula is C24H27F2NO4. The summed E-state index contributed by atoms with van der Waals surface area (Å²) in [6.07, 6.45) is 5.68. The number of benzene rings is 2. The van der Waals surface area contributed by atoms with Crippen LogP contribution in [0.15, 0.2) is 42.5 Å². The van der Waals surface area contributed by atoms with E-state index in [-0.39, 0.29) is 23.3 Å². The molecule has 31 heavy (non-hydrogen) atoms. The molecule has 0 aliphatic heterocycles. The molecule has 0 bridgehead atoms. The average Bonchev–Trinajstić information content (AvgIpc) is 2.75. The minimum Gasteiger partial charge on any atom is -0.434 e. The number of Topliss-reactive ketones (excluding diaryl/α,β-unsaturated/α-hetero) is 1. The molecule has 2 aromatic rings. The van der Waals surface area contributed by atoms with Gasteiger partial charge in [-0.15, -0.1) is 0 Å². The molecule has 1 amide bonds. The number of carbonyl (C=O) groups is 2. The summed E-state index contributed by atoms with van der Waals surface area (Å²) in [4.78, 5) is 24.5. The van der Waals surface area contributed by atoms with Gasteiger partial charge in [0.15, 0.2) is 5.78 Å². The monoisotopic (exact) mass is 431 g/mol. The fraction of sp³-hybridized carbons (Fsp3) is 0.417. The number of ether oxygens (including phenoxy) is 2. The van der Waals surface area contributed by atoms with E-state index in [1.807, 2.05) is 6.92 Å². The summed E-state index contributed by atoms with van der Waals surface area (Å²) >= 11 is 0. The van der Waals surface area contributed by atoms with Gasteiger partial charge < -0.3 is 14.8 Å². The zero-order valence-corrected chi connectivity index (χ0v) is 17.5. The standard InChI is InChI=1S/C24H27F2NO4/c1-2-7-21(28)17-9-6-8-16(14-17)20-15-19(12-13-22(20)31-23(25)26)30-24(29)27-18-10-4-3-5-11-18/h6,8-9,12-15,18,23H,2-5,7,10-11H2,1H3,(H,27,29). The van der Waals surface area contributed by atoms with E-state index < -0.39 is 12.7 Å². The average molecular weight is 431 g/mol. The van der Waals surface area contributed by atoms with Crippen molar-refractivity contribution in [2.45, 2.75) is 64.5 Å². The molecule has 1 aliphatic carbocycles. The van der Waals surface area contributed by atoms with Crippen LogP contribution in [-0.2, 0) is 0 Å². The molecule has 0 heterocycles. The highest BCUT2D eigenvalue weighted by Crippen LogP contribution is 2.35. The highest BCUT2D eigenvalue weighted by Gasteiger charge is 2.19. The fourth-order valence-corrected chi connectivity index (χ4v) is 3.78. The lowest BCUT2D eigenvalue weighted by Gasteiger charge is -2.22. The Balaban J connectivity index is 1.84. The summed E-state index contributed by atoms with van der Waals surface area (Å²) < 4.78 is 35.9. The minimum atomic E-state index is -3.01.